The smallest absolute Gasteiger partial charge is 0.0931 e. The molecule has 1 aliphatic heterocycles. The maximum Gasteiger partial charge on any atom is 0.0931 e. The van der Waals surface area contributed by atoms with E-state index in [0.717, 1.165) is 24.1 Å². The van der Waals surface area contributed by atoms with Crippen LogP contribution in [0.2, 0.25) is 0 Å². The normalized spacial score (nSPS) is 18.4. The summed E-state index contributed by atoms with van der Waals surface area (Å²) in [6, 6.07) is 6.43. The summed E-state index contributed by atoms with van der Waals surface area (Å²) < 4.78 is 0. The number of aromatic nitrogens is 2. The Morgan fingerprint density at radius 3 is 2.93 bits per heavy atom. The average Bonchev–Trinajstić information content (AvgIpc) is 2.78. The summed E-state index contributed by atoms with van der Waals surface area (Å²) in [4.78, 5) is 7.59. The molecule has 0 bridgehead atoms. The highest BCUT2D eigenvalue weighted by Gasteiger charge is 2.17. The van der Waals surface area contributed by atoms with Crippen LogP contribution in [0.15, 0.2) is 24.5 Å². The molecule has 3 heteroatoms. The molecule has 1 aromatic heterocycles. The largest absolute Gasteiger partial charge is 0.345 e. The van der Waals surface area contributed by atoms with Crippen molar-refractivity contribution >= 4 is 11.0 Å². The van der Waals surface area contributed by atoms with Crippen LogP contribution in [0.5, 0.6) is 0 Å². The minimum Gasteiger partial charge on any atom is -0.345 e. The van der Waals surface area contributed by atoms with Gasteiger partial charge >= 0.3 is 0 Å². The zero-order valence-electron chi connectivity index (χ0n) is 8.66. The van der Waals surface area contributed by atoms with Gasteiger partial charge in [-0.25, -0.2) is 4.98 Å². The van der Waals surface area contributed by atoms with Crippen LogP contribution in [0.25, 0.3) is 11.0 Å². The SMILES string of the molecule is c1cc(C2CCNCC2)c2nc[nH]c2c1. The summed E-state index contributed by atoms with van der Waals surface area (Å²) >= 11 is 0. The lowest BCUT2D eigenvalue weighted by Gasteiger charge is -2.23. The predicted molar refractivity (Wildman–Crippen MR) is 60.9 cm³/mol. The molecule has 0 aliphatic carbocycles. The van der Waals surface area contributed by atoms with Crippen LogP contribution >= 0.6 is 0 Å². The van der Waals surface area contributed by atoms with Crippen molar-refractivity contribution in [2.24, 2.45) is 0 Å². The van der Waals surface area contributed by atoms with Crippen molar-refractivity contribution in [2.45, 2.75) is 18.8 Å². The standard InChI is InChI=1S/C12H15N3/c1-2-10(9-4-6-13-7-5-9)12-11(3-1)14-8-15-12/h1-3,8-9,13H,4-7H2,(H,14,15). The predicted octanol–water partition coefficient (Wildman–Crippen LogP) is 2.03. The van der Waals surface area contributed by atoms with Crippen molar-refractivity contribution in [3.8, 4) is 0 Å². The van der Waals surface area contributed by atoms with Gasteiger partial charge in [-0.15, -0.1) is 0 Å². The van der Waals surface area contributed by atoms with Crippen molar-refractivity contribution < 1.29 is 0 Å². The number of hydrogen-bond donors (Lipinski definition) is 2. The molecule has 0 spiro atoms. The molecular formula is C12H15N3. The number of para-hydroxylation sites is 1. The summed E-state index contributed by atoms with van der Waals surface area (Å²) in [7, 11) is 0. The molecule has 3 nitrogen and oxygen atoms in total. The van der Waals surface area contributed by atoms with Crippen LogP contribution in [0, 0.1) is 0 Å². The number of rotatable bonds is 1. The van der Waals surface area contributed by atoms with Gasteiger partial charge in [0, 0.05) is 0 Å². The number of piperidine rings is 1. The van der Waals surface area contributed by atoms with Crippen LogP contribution < -0.4 is 5.32 Å². The quantitative estimate of drug-likeness (QED) is 0.741. The van der Waals surface area contributed by atoms with Gasteiger partial charge in [-0.1, -0.05) is 12.1 Å². The van der Waals surface area contributed by atoms with Gasteiger partial charge in [-0.3, -0.25) is 0 Å². The third kappa shape index (κ3) is 1.53. The van der Waals surface area contributed by atoms with Crippen molar-refractivity contribution in [1.82, 2.24) is 15.3 Å². The first kappa shape index (κ1) is 8.92. The first-order valence-corrected chi connectivity index (χ1v) is 5.58. The number of nitrogens with one attached hydrogen (secondary N) is 2. The highest BCUT2D eigenvalue weighted by molar-refractivity contribution is 5.78. The Bertz CT molecular complexity index is 455. The lowest BCUT2D eigenvalue weighted by Crippen LogP contribution is -2.26. The monoisotopic (exact) mass is 201 g/mol. The fraction of sp³-hybridized carbons (Fsp3) is 0.417. The number of benzene rings is 1. The molecule has 1 saturated heterocycles. The number of nitrogens with zero attached hydrogens (tertiary/aromatic N) is 1. The van der Waals surface area contributed by atoms with Crippen LogP contribution in [0.3, 0.4) is 0 Å². The van der Waals surface area contributed by atoms with Crippen LogP contribution in [-0.2, 0) is 0 Å². The van der Waals surface area contributed by atoms with Crippen LogP contribution in [-0.4, -0.2) is 23.1 Å². The van der Waals surface area contributed by atoms with E-state index in [0.29, 0.717) is 5.92 Å². The zero-order valence-corrected chi connectivity index (χ0v) is 8.66. The third-order valence-corrected chi connectivity index (χ3v) is 3.26. The van der Waals surface area contributed by atoms with Crippen LogP contribution in [0.4, 0.5) is 0 Å². The number of imidazole rings is 1. The molecule has 0 unspecified atom stereocenters. The van der Waals surface area contributed by atoms with Gasteiger partial charge in [0.15, 0.2) is 0 Å². The second-order valence-corrected chi connectivity index (χ2v) is 4.17. The Hall–Kier alpha value is -1.35. The van der Waals surface area contributed by atoms with Crippen molar-refractivity contribution in [3.63, 3.8) is 0 Å². The van der Waals surface area contributed by atoms with E-state index in [2.05, 4.69) is 33.5 Å². The molecule has 0 saturated carbocycles. The Labute approximate surface area is 88.9 Å². The summed E-state index contributed by atoms with van der Waals surface area (Å²) in [5.41, 5.74) is 3.73. The lowest BCUT2D eigenvalue weighted by molar-refractivity contribution is 0.462. The highest BCUT2D eigenvalue weighted by Crippen LogP contribution is 2.29. The van der Waals surface area contributed by atoms with Gasteiger partial charge in [0.25, 0.3) is 0 Å². The first-order valence-electron chi connectivity index (χ1n) is 5.58. The van der Waals surface area contributed by atoms with Crippen molar-refractivity contribution in [3.05, 3.63) is 30.1 Å². The molecule has 78 valence electrons. The summed E-state index contributed by atoms with van der Waals surface area (Å²) in [6.45, 7) is 2.26. The molecule has 0 atom stereocenters. The van der Waals surface area contributed by atoms with E-state index < -0.39 is 0 Å². The minimum absolute atomic E-state index is 0.679. The van der Waals surface area contributed by atoms with E-state index in [4.69, 9.17) is 0 Å². The second-order valence-electron chi connectivity index (χ2n) is 4.17. The van der Waals surface area contributed by atoms with E-state index in [1.165, 1.54) is 18.4 Å². The summed E-state index contributed by atoms with van der Waals surface area (Å²) in [6.07, 6.45) is 4.24. The number of H-pyrrole nitrogens is 1. The topological polar surface area (TPSA) is 40.7 Å². The van der Waals surface area contributed by atoms with Gasteiger partial charge in [0.2, 0.25) is 0 Å². The van der Waals surface area contributed by atoms with E-state index in [-0.39, 0.29) is 0 Å². The molecule has 1 aromatic carbocycles. The van der Waals surface area contributed by atoms with E-state index >= 15 is 0 Å². The van der Waals surface area contributed by atoms with Gasteiger partial charge in [0.1, 0.15) is 0 Å². The summed E-state index contributed by atoms with van der Waals surface area (Å²) in [5.74, 6) is 0.679. The molecule has 2 heterocycles. The zero-order chi connectivity index (χ0) is 10.1. The van der Waals surface area contributed by atoms with E-state index in [1.807, 2.05) is 0 Å². The molecule has 2 N–H and O–H groups in total. The van der Waals surface area contributed by atoms with Gasteiger partial charge in [-0.2, -0.15) is 0 Å². The maximum atomic E-state index is 4.42. The summed E-state index contributed by atoms with van der Waals surface area (Å²) in [5, 5.41) is 3.40. The highest BCUT2D eigenvalue weighted by atomic mass is 14.9. The fourth-order valence-corrected chi connectivity index (χ4v) is 2.45. The fourth-order valence-electron chi connectivity index (χ4n) is 2.45. The minimum atomic E-state index is 0.679. The first-order chi connectivity index (χ1) is 7.45. The Balaban J connectivity index is 2.05. The molecule has 1 fully saturated rings. The molecule has 1 aliphatic rings. The van der Waals surface area contributed by atoms with E-state index in [1.54, 1.807) is 6.33 Å². The molecule has 15 heavy (non-hydrogen) atoms. The molecular weight excluding hydrogens is 186 g/mol. The number of fused-ring (bicyclic) bond motifs is 1. The number of hydrogen-bond acceptors (Lipinski definition) is 2. The Kier molecular flexibility index (Phi) is 2.18. The van der Waals surface area contributed by atoms with Crippen molar-refractivity contribution in [2.75, 3.05) is 13.1 Å². The van der Waals surface area contributed by atoms with Gasteiger partial charge < -0.3 is 10.3 Å². The van der Waals surface area contributed by atoms with Crippen molar-refractivity contribution in [1.29, 1.82) is 0 Å². The van der Waals surface area contributed by atoms with Gasteiger partial charge in [-0.05, 0) is 43.5 Å². The average molecular weight is 201 g/mol. The third-order valence-electron chi connectivity index (χ3n) is 3.26. The molecule has 0 amide bonds. The van der Waals surface area contributed by atoms with Crippen LogP contribution in [0.1, 0.15) is 24.3 Å². The second kappa shape index (κ2) is 3.66. The van der Waals surface area contributed by atoms with Gasteiger partial charge in [0.05, 0.1) is 17.4 Å². The maximum absolute atomic E-state index is 4.42. The van der Waals surface area contributed by atoms with E-state index in [9.17, 15) is 0 Å². The Morgan fingerprint density at radius 1 is 1.20 bits per heavy atom. The Morgan fingerprint density at radius 2 is 2.07 bits per heavy atom. The molecule has 3 rings (SSSR count). The molecule has 0 radical (unpaired) electrons. The number of aromatic amines is 1. The molecule has 2 aromatic rings. The lowest BCUT2D eigenvalue weighted by atomic mass is 9.89.